The number of methoxy groups -OCH3 is 1. The van der Waals surface area contributed by atoms with Crippen LogP contribution < -0.4 is 14.4 Å². The molecule has 1 saturated heterocycles. The van der Waals surface area contributed by atoms with E-state index in [0.717, 1.165) is 67.8 Å². The van der Waals surface area contributed by atoms with Crippen molar-refractivity contribution in [3.8, 4) is 17.4 Å². The molecule has 3 aromatic rings. The van der Waals surface area contributed by atoms with Gasteiger partial charge in [0, 0.05) is 44.7 Å². The minimum absolute atomic E-state index is 0.687. The number of piperidine rings is 1. The van der Waals surface area contributed by atoms with E-state index in [-0.39, 0.29) is 0 Å². The van der Waals surface area contributed by atoms with Gasteiger partial charge in [-0.3, -0.25) is 4.90 Å². The first-order valence-electron chi connectivity index (χ1n) is 11.5. The van der Waals surface area contributed by atoms with E-state index in [9.17, 15) is 0 Å². The Hall–Kier alpha value is -3.12. The van der Waals surface area contributed by atoms with Gasteiger partial charge in [-0.15, -0.1) is 0 Å². The zero-order chi connectivity index (χ0) is 21.8. The van der Waals surface area contributed by atoms with Crippen molar-refractivity contribution >= 4 is 5.95 Å². The van der Waals surface area contributed by atoms with Gasteiger partial charge in [0.2, 0.25) is 11.8 Å². The quantitative estimate of drug-likeness (QED) is 0.559. The van der Waals surface area contributed by atoms with E-state index in [4.69, 9.17) is 19.4 Å². The van der Waals surface area contributed by atoms with Crippen LogP contribution >= 0.6 is 0 Å². The fourth-order valence-corrected chi connectivity index (χ4v) is 4.56. The number of benzene rings is 2. The van der Waals surface area contributed by atoms with Crippen LogP contribution in [0.2, 0.25) is 0 Å². The molecule has 0 amide bonds. The molecule has 1 fully saturated rings. The molecule has 0 radical (unpaired) electrons. The molecule has 2 aliphatic rings. The van der Waals surface area contributed by atoms with E-state index >= 15 is 0 Å². The number of fused-ring (bicyclic) bond motifs is 1. The van der Waals surface area contributed by atoms with Gasteiger partial charge in [-0.2, -0.15) is 4.98 Å². The number of para-hydroxylation sites is 2. The third-order valence-corrected chi connectivity index (χ3v) is 6.27. The minimum Gasteiger partial charge on any atom is -0.496 e. The lowest BCUT2D eigenvalue weighted by Crippen LogP contribution is -2.34. The average molecular weight is 431 g/mol. The first-order chi connectivity index (χ1) is 15.8. The van der Waals surface area contributed by atoms with E-state index in [0.29, 0.717) is 5.88 Å². The van der Waals surface area contributed by atoms with Gasteiger partial charge in [0.1, 0.15) is 11.5 Å². The highest BCUT2D eigenvalue weighted by atomic mass is 16.5. The summed E-state index contributed by atoms with van der Waals surface area (Å²) >= 11 is 0. The predicted octanol–water partition coefficient (Wildman–Crippen LogP) is 4.83. The Morgan fingerprint density at radius 3 is 2.47 bits per heavy atom. The maximum absolute atomic E-state index is 6.32. The number of aromatic nitrogens is 2. The molecule has 2 aromatic carbocycles. The average Bonchev–Trinajstić information content (AvgIpc) is 2.86. The lowest BCUT2D eigenvalue weighted by atomic mass is 10.1. The Bertz CT molecular complexity index is 1050. The summed E-state index contributed by atoms with van der Waals surface area (Å²) in [6.45, 7) is 4.57. The monoisotopic (exact) mass is 430 g/mol. The van der Waals surface area contributed by atoms with Crippen molar-refractivity contribution in [2.45, 2.75) is 38.8 Å². The molecule has 1 aromatic heterocycles. The number of hydrogen-bond donors (Lipinski definition) is 0. The van der Waals surface area contributed by atoms with Crippen LogP contribution in [0.1, 0.15) is 36.1 Å². The lowest BCUT2D eigenvalue weighted by molar-refractivity contribution is 0.234. The van der Waals surface area contributed by atoms with Gasteiger partial charge in [-0.1, -0.05) is 36.4 Å². The molecule has 2 aliphatic heterocycles. The number of anilines is 1. The summed E-state index contributed by atoms with van der Waals surface area (Å²) in [6.07, 6.45) is 4.57. The number of rotatable bonds is 6. The normalized spacial score (nSPS) is 16.5. The van der Waals surface area contributed by atoms with Crippen molar-refractivity contribution in [2.24, 2.45) is 0 Å². The molecule has 0 saturated carbocycles. The van der Waals surface area contributed by atoms with Crippen molar-refractivity contribution < 1.29 is 9.47 Å². The Morgan fingerprint density at radius 1 is 0.875 bits per heavy atom. The molecule has 6 heteroatoms. The van der Waals surface area contributed by atoms with Crippen molar-refractivity contribution in [1.29, 1.82) is 0 Å². The molecule has 6 nitrogen and oxygen atoms in total. The van der Waals surface area contributed by atoms with Crippen LogP contribution in [0.4, 0.5) is 5.95 Å². The van der Waals surface area contributed by atoms with Crippen LogP contribution in [-0.2, 0) is 19.5 Å². The number of ether oxygens (including phenoxy) is 2. The second kappa shape index (κ2) is 9.57. The second-order valence-electron chi connectivity index (χ2n) is 8.49. The molecule has 32 heavy (non-hydrogen) atoms. The Morgan fingerprint density at radius 2 is 1.66 bits per heavy atom. The Balaban J connectivity index is 1.44. The zero-order valence-corrected chi connectivity index (χ0v) is 18.7. The predicted molar refractivity (Wildman–Crippen MR) is 125 cm³/mol. The molecule has 0 unspecified atom stereocenters. The van der Waals surface area contributed by atoms with Crippen molar-refractivity contribution in [3.05, 3.63) is 71.4 Å². The largest absolute Gasteiger partial charge is 0.496 e. The maximum Gasteiger partial charge on any atom is 0.228 e. The van der Waals surface area contributed by atoms with Crippen LogP contribution in [0, 0.1) is 0 Å². The van der Waals surface area contributed by atoms with Crippen LogP contribution in [0.5, 0.6) is 17.4 Å². The highest BCUT2D eigenvalue weighted by molar-refractivity contribution is 5.44. The molecule has 3 heterocycles. The molecule has 0 bridgehead atoms. The van der Waals surface area contributed by atoms with E-state index in [1.807, 2.05) is 42.5 Å². The zero-order valence-electron chi connectivity index (χ0n) is 18.7. The SMILES string of the molecule is COc1ccccc1CN1CCc2nc(N3CCCCC3)nc(Oc3ccccc3)c2C1. The summed E-state index contributed by atoms with van der Waals surface area (Å²) in [5, 5.41) is 0. The van der Waals surface area contributed by atoms with Gasteiger partial charge >= 0.3 is 0 Å². The molecule has 166 valence electrons. The Labute approximate surface area is 189 Å². The van der Waals surface area contributed by atoms with E-state index in [1.54, 1.807) is 7.11 Å². The second-order valence-corrected chi connectivity index (χ2v) is 8.49. The van der Waals surface area contributed by atoms with Gasteiger partial charge < -0.3 is 14.4 Å². The number of nitrogens with zero attached hydrogens (tertiary/aromatic N) is 4. The molecular formula is C26H30N4O2. The van der Waals surface area contributed by atoms with Gasteiger partial charge in [0.25, 0.3) is 0 Å². The summed E-state index contributed by atoms with van der Waals surface area (Å²) < 4.78 is 11.9. The maximum atomic E-state index is 6.32. The third-order valence-electron chi connectivity index (χ3n) is 6.27. The van der Waals surface area contributed by atoms with Gasteiger partial charge in [0.05, 0.1) is 18.4 Å². The van der Waals surface area contributed by atoms with Crippen molar-refractivity contribution in [3.63, 3.8) is 0 Å². The summed E-state index contributed by atoms with van der Waals surface area (Å²) in [5.74, 6) is 3.23. The summed E-state index contributed by atoms with van der Waals surface area (Å²) in [5.41, 5.74) is 3.40. The minimum atomic E-state index is 0.687. The standard InChI is InChI=1S/C26H30N4O2/c1-31-24-13-7-6-10-20(24)18-29-17-14-23-22(19-29)25(32-21-11-4-2-5-12-21)28-26(27-23)30-15-8-3-9-16-30/h2,4-7,10-13H,3,8-9,14-19H2,1H3. The fourth-order valence-electron chi connectivity index (χ4n) is 4.56. The lowest BCUT2D eigenvalue weighted by Gasteiger charge is -2.32. The van der Waals surface area contributed by atoms with Crippen LogP contribution in [0.15, 0.2) is 54.6 Å². The Kier molecular flexibility index (Phi) is 6.21. The van der Waals surface area contributed by atoms with E-state index in [1.165, 1.54) is 24.8 Å². The molecule has 5 rings (SSSR count). The molecule has 0 N–H and O–H groups in total. The summed E-state index contributed by atoms with van der Waals surface area (Å²) in [4.78, 5) is 14.6. The van der Waals surface area contributed by atoms with Crippen LogP contribution in [0.25, 0.3) is 0 Å². The molecule has 0 atom stereocenters. The molecule has 0 spiro atoms. The highest BCUT2D eigenvalue weighted by Crippen LogP contribution is 2.33. The van der Waals surface area contributed by atoms with Gasteiger partial charge in [-0.05, 0) is 37.5 Å². The van der Waals surface area contributed by atoms with Crippen molar-refractivity contribution in [1.82, 2.24) is 14.9 Å². The highest BCUT2D eigenvalue weighted by Gasteiger charge is 2.26. The van der Waals surface area contributed by atoms with Crippen LogP contribution in [0.3, 0.4) is 0 Å². The van der Waals surface area contributed by atoms with Crippen molar-refractivity contribution in [2.75, 3.05) is 31.6 Å². The van der Waals surface area contributed by atoms with E-state index < -0.39 is 0 Å². The first kappa shape index (κ1) is 20.8. The van der Waals surface area contributed by atoms with E-state index in [2.05, 4.69) is 21.9 Å². The van der Waals surface area contributed by atoms with Gasteiger partial charge in [0.15, 0.2) is 0 Å². The fraction of sp³-hybridized carbons (Fsp3) is 0.385. The van der Waals surface area contributed by atoms with Gasteiger partial charge in [-0.25, -0.2) is 4.98 Å². The topological polar surface area (TPSA) is 50.7 Å². The number of hydrogen-bond acceptors (Lipinski definition) is 6. The summed E-state index contributed by atoms with van der Waals surface area (Å²) in [7, 11) is 1.73. The molecular weight excluding hydrogens is 400 g/mol. The molecule has 0 aliphatic carbocycles. The third kappa shape index (κ3) is 4.55. The first-order valence-corrected chi connectivity index (χ1v) is 11.5. The smallest absolute Gasteiger partial charge is 0.228 e. The van der Waals surface area contributed by atoms with Crippen LogP contribution in [-0.4, -0.2) is 41.6 Å². The summed E-state index contributed by atoms with van der Waals surface area (Å²) in [6, 6.07) is 18.1.